The Morgan fingerprint density at radius 1 is 1.37 bits per heavy atom. The number of hydrogen-bond donors (Lipinski definition) is 0. The molecule has 0 N–H and O–H groups in total. The van der Waals surface area contributed by atoms with Gasteiger partial charge < -0.3 is 4.74 Å². The molecule has 6 heteroatoms. The van der Waals surface area contributed by atoms with E-state index >= 15 is 0 Å². The van der Waals surface area contributed by atoms with Gasteiger partial charge >= 0.3 is 5.97 Å². The molecule has 0 fully saturated rings. The molecule has 3 aromatic heterocycles. The Morgan fingerprint density at radius 3 is 3.00 bits per heavy atom. The van der Waals surface area contributed by atoms with E-state index in [0.717, 1.165) is 16.6 Å². The number of rotatable bonds is 2. The molecular weight excluding hydrogens is 244 g/mol. The third-order valence-corrected chi connectivity index (χ3v) is 2.95. The first kappa shape index (κ1) is 11.6. The van der Waals surface area contributed by atoms with Crippen molar-refractivity contribution >= 4 is 22.5 Å². The van der Waals surface area contributed by atoms with Crippen LogP contribution in [0.5, 0.6) is 0 Å². The Bertz CT molecular complexity index is 779. The van der Waals surface area contributed by atoms with E-state index in [1.54, 1.807) is 23.8 Å². The summed E-state index contributed by atoms with van der Waals surface area (Å²) in [5.74, 6) is -0.407. The summed E-state index contributed by atoms with van der Waals surface area (Å²) in [6.45, 7) is 4.00. The molecule has 0 bridgehead atoms. The molecule has 0 spiro atoms. The minimum atomic E-state index is -0.407. The molecule has 0 aliphatic carbocycles. The number of aryl methyl sites for hydroxylation is 1. The van der Waals surface area contributed by atoms with E-state index < -0.39 is 5.97 Å². The highest BCUT2D eigenvalue weighted by atomic mass is 16.5. The summed E-state index contributed by atoms with van der Waals surface area (Å²) in [6.07, 6.45) is 4.90. The molecule has 3 rings (SSSR count). The topological polar surface area (TPSA) is 69.4 Å². The standard InChI is InChI=1S/C13H12N4O2/c1-3-19-13(18)10-7-16-17-11-4-5-14-8(2)9(11)6-15-12(10)17/h4-7H,3H2,1-2H3. The minimum Gasteiger partial charge on any atom is -0.462 e. The van der Waals surface area contributed by atoms with Gasteiger partial charge in [-0.15, -0.1) is 0 Å². The smallest absolute Gasteiger partial charge is 0.343 e. The maximum Gasteiger partial charge on any atom is 0.343 e. The summed E-state index contributed by atoms with van der Waals surface area (Å²) in [6, 6.07) is 1.85. The molecule has 0 aliphatic heterocycles. The van der Waals surface area contributed by atoms with Crippen LogP contribution < -0.4 is 0 Å². The molecule has 96 valence electrons. The number of ether oxygens (including phenoxy) is 1. The summed E-state index contributed by atoms with van der Waals surface area (Å²) in [5, 5.41) is 5.13. The van der Waals surface area contributed by atoms with Crippen molar-refractivity contribution in [2.75, 3.05) is 6.61 Å². The zero-order chi connectivity index (χ0) is 13.4. The third-order valence-electron chi connectivity index (χ3n) is 2.95. The molecule has 0 amide bonds. The second-order valence-electron chi connectivity index (χ2n) is 4.10. The van der Waals surface area contributed by atoms with Gasteiger partial charge in [0.1, 0.15) is 5.56 Å². The highest BCUT2D eigenvalue weighted by molar-refractivity contribution is 5.97. The highest BCUT2D eigenvalue weighted by Crippen LogP contribution is 2.18. The van der Waals surface area contributed by atoms with Crippen LogP contribution >= 0.6 is 0 Å². The van der Waals surface area contributed by atoms with E-state index in [0.29, 0.717) is 17.8 Å². The van der Waals surface area contributed by atoms with Crippen molar-refractivity contribution < 1.29 is 9.53 Å². The number of carbonyl (C=O) groups excluding carboxylic acids is 1. The fraction of sp³-hybridized carbons (Fsp3) is 0.231. The van der Waals surface area contributed by atoms with E-state index in [9.17, 15) is 4.79 Å². The predicted octanol–water partition coefficient (Wildman–Crippen LogP) is 1.76. The number of aromatic nitrogens is 4. The van der Waals surface area contributed by atoms with Crippen LogP contribution in [0.1, 0.15) is 23.0 Å². The number of fused-ring (bicyclic) bond motifs is 3. The quantitative estimate of drug-likeness (QED) is 0.653. The van der Waals surface area contributed by atoms with Gasteiger partial charge in [-0.05, 0) is 19.9 Å². The molecule has 19 heavy (non-hydrogen) atoms. The van der Waals surface area contributed by atoms with Gasteiger partial charge in [-0.3, -0.25) is 4.98 Å². The molecule has 0 aliphatic rings. The second kappa shape index (κ2) is 4.31. The highest BCUT2D eigenvalue weighted by Gasteiger charge is 2.16. The molecule has 0 saturated heterocycles. The van der Waals surface area contributed by atoms with Crippen molar-refractivity contribution in [1.82, 2.24) is 19.6 Å². The van der Waals surface area contributed by atoms with Gasteiger partial charge in [-0.1, -0.05) is 0 Å². The number of esters is 1. The van der Waals surface area contributed by atoms with E-state index in [-0.39, 0.29) is 0 Å². The molecule has 0 radical (unpaired) electrons. The first-order valence-electron chi connectivity index (χ1n) is 5.97. The number of nitrogens with zero attached hydrogens (tertiary/aromatic N) is 4. The molecule has 3 aromatic rings. The Hall–Kier alpha value is -2.50. The van der Waals surface area contributed by atoms with Crippen molar-refractivity contribution in [1.29, 1.82) is 0 Å². The maximum absolute atomic E-state index is 11.8. The number of carbonyl (C=O) groups is 1. The molecule has 0 unspecified atom stereocenters. The van der Waals surface area contributed by atoms with Gasteiger partial charge in [0, 0.05) is 23.5 Å². The average molecular weight is 256 g/mol. The zero-order valence-corrected chi connectivity index (χ0v) is 10.6. The lowest BCUT2D eigenvalue weighted by molar-refractivity contribution is 0.0528. The van der Waals surface area contributed by atoms with Gasteiger partial charge in [-0.25, -0.2) is 14.3 Å². The first-order chi connectivity index (χ1) is 9.22. The Morgan fingerprint density at radius 2 is 2.21 bits per heavy atom. The fourth-order valence-electron chi connectivity index (χ4n) is 2.03. The van der Waals surface area contributed by atoms with E-state index in [1.807, 2.05) is 13.0 Å². The van der Waals surface area contributed by atoms with Crippen LogP contribution in [0.25, 0.3) is 16.6 Å². The van der Waals surface area contributed by atoms with Crippen molar-refractivity contribution in [3.05, 3.63) is 35.9 Å². The normalized spacial score (nSPS) is 11.1. The molecule has 0 aromatic carbocycles. The Labute approximate surface area is 109 Å². The van der Waals surface area contributed by atoms with E-state index in [2.05, 4.69) is 15.1 Å². The third kappa shape index (κ3) is 1.72. The largest absolute Gasteiger partial charge is 0.462 e. The van der Waals surface area contributed by atoms with E-state index in [1.165, 1.54) is 6.20 Å². The van der Waals surface area contributed by atoms with Gasteiger partial charge in [0.05, 0.1) is 18.3 Å². The maximum atomic E-state index is 11.8. The lowest BCUT2D eigenvalue weighted by Gasteiger charge is -2.03. The average Bonchev–Trinajstić information content (AvgIpc) is 2.83. The van der Waals surface area contributed by atoms with Crippen molar-refractivity contribution in [2.45, 2.75) is 13.8 Å². The van der Waals surface area contributed by atoms with Gasteiger partial charge in [-0.2, -0.15) is 5.10 Å². The van der Waals surface area contributed by atoms with Crippen LogP contribution in [-0.2, 0) is 4.74 Å². The lowest BCUT2D eigenvalue weighted by atomic mass is 10.2. The van der Waals surface area contributed by atoms with Crippen LogP contribution in [0.2, 0.25) is 0 Å². The molecule has 6 nitrogen and oxygen atoms in total. The van der Waals surface area contributed by atoms with Crippen LogP contribution in [0.3, 0.4) is 0 Å². The minimum absolute atomic E-state index is 0.326. The molecule has 0 atom stereocenters. The van der Waals surface area contributed by atoms with Crippen molar-refractivity contribution in [3.8, 4) is 0 Å². The van der Waals surface area contributed by atoms with Crippen LogP contribution in [0.15, 0.2) is 24.7 Å². The van der Waals surface area contributed by atoms with Gasteiger partial charge in [0.15, 0.2) is 5.65 Å². The second-order valence-corrected chi connectivity index (χ2v) is 4.10. The lowest BCUT2D eigenvalue weighted by Crippen LogP contribution is -2.05. The molecular formula is C13H12N4O2. The number of pyridine rings is 1. The van der Waals surface area contributed by atoms with Crippen molar-refractivity contribution in [3.63, 3.8) is 0 Å². The summed E-state index contributed by atoms with van der Waals surface area (Å²) in [5.41, 5.74) is 2.61. The molecule has 3 heterocycles. The van der Waals surface area contributed by atoms with Gasteiger partial charge in [0.25, 0.3) is 0 Å². The monoisotopic (exact) mass is 256 g/mol. The van der Waals surface area contributed by atoms with Crippen LogP contribution in [0, 0.1) is 6.92 Å². The fourth-order valence-corrected chi connectivity index (χ4v) is 2.03. The summed E-state index contributed by atoms with van der Waals surface area (Å²) >= 11 is 0. The summed E-state index contributed by atoms with van der Waals surface area (Å²) in [7, 11) is 0. The molecule has 0 saturated carbocycles. The predicted molar refractivity (Wildman–Crippen MR) is 69.0 cm³/mol. The van der Waals surface area contributed by atoms with Crippen molar-refractivity contribution in [2.24, 2.45) is 0 Å². The van der Waals surface area contributed by atoms with Crippen LogP contribution in [0.4, 0.5) is 0 Å². The van der Waals surface area contributed by atoms with E-state index in [4.69, 9.17) is 4.74 Å². The van der Waals surface area contributed by atoms with Crippen LogP contribution in [-0.4, -0.2) is 32.2 Å². The summed E-state index contributed by atoms with van der Waals surface area (Å²) in [4.78, 5) is 20.3. The zero-order valence-electron chi connectivity index (χ0n) is 10.6. The van der Waals surface area contributed by atoms with Gasteiger partial charge in [0.2, 0.25) is 0 Å². The SMILES string of the molecule is CCOC(=O)c1cnn2c1ncc1c(C)nccc12. The Kier molecular flexibility index (Phi) is 2.63. The number of hydrogen-bond acceptors (Lipinski definition) is 5. The summed E-state index contributed by atoms with van der Waals surface area (Å²) < 4.78 is 6.62. The first-order valence-corrected chi connectivity index (χ1v) is 5.97. The Balaban J connectivity index is 2.29.